The summed E-state index contributed by atoms with van der Waals surface area (Å²) < 4.78 is 0. The molecule has 0 aliphatic carbocycles. The lowest BCUT2D eigenvalue weighted by atomic mass is 10.1. The fraction of sp³-hybridized carbons (Fsp3) is 1.00. The van der Waals surface area contributed by atoms with E-state index in [1.165, 1.54) is 0 Å². The Morgan fingerprint density at radius 1 is 1.19 bits per heavy atom. The van der Waals surface area contributed by atoms with Gasteiger partial charge in [-0.15, -0.1) is 0 Å². The molecule has 2 N–H and O–H groups in total. The first-order valence-corrected chi connectivity index (χ1v) is 6.15. The molecule has 0 amide bonds. The molecule has 0 bridgehead atoms. The van der Waals surface area contributed by atoms with E-state index >= 15 is 0 Å². The molecule has 0 fully saturated rings. The van der Waals surface area contributed by atoms with Crippen LogP contribution in [-0.2, 0) is 0 Å². The van der Waals surface area contributed by atoms with Gasteiger partial charge in [0.05, 0.1) is 5.60 Å². The largest absolute Gasteiger partial charge is 0.389 e. The lowest BCUT2D eigenvalue weighted by molar-refractivity contribution is 0.0407. The molecule has 3 heteroatoms. The first-order chi connectivity index (χ1) is 6.99. The van der Waals surface area contributed by atoms with Crippen LogP contribution >= 0.6 is 0 Å². The van der Waals surface area contributed by atoms with Gasteiger partial charge in [0.25, 0.3) is 0 Å². The van der Waals surface area contributed by atoms with E-state index in [2.05, 4.69) is 45.0 Å². The average Bonchev–Trinajstić information content (AvgIpc) is 1.95. The molecule has 0 saturated carbocycles. The van der Waals surface area contributed by atoms with Crippen molar-refractivity contribution >= 4 is 0 Å². The van der Waals surface area contributed by atoms with E-state index in [0.717, 1.165) is 13.1 Å². The molecule has 16 heavy (non-hydrogen) atoms. The van der Waals surface area contributed by atoms with Crippen molar-refractivity contribution in [3.63, 3.8) is 0 Å². The highest BCUT2D eigenvalue weighted by atomic mass is 16.3. The zero-order chi connectivity index (χ0) is 13.0. The summed E-state index contributed by atoms with van der Waals surface area (Å²) in [5, 5.41) is 13.2. The molecular weight excluding hydrogens is 200 g/mol. The zero-order valence-corrected chi connectivity index (χ0v) is 12.1. The molecule has 0 heterocycles. The van der Waals surface area contributed by atoms with Crippen molar-refractivity contribution in [2.24, 2.45) is 5.92 Å². The Labute approximate surface area is 101 Å². The van der Waals surface area contributed by atoms with Crippen molar-refractivity contribution < 1.29 is 5.11 Å². The van der Waals surface area contributed by atoms with Crippen LogP contribution in [0.25, 0.3) is 0 Å². The van der Waals surface area contributed by atoms with Crippen LogP contribution in [0.3, 0.4) is 0 Å². The third-order valence-corrected chi connectivity index (χ3v) is 2.26. The van der Waals surface area contributed by atoms with E-state index in [0.29, 0.717) is 12.5 Å². The first-order valence-electron chi connectivity index (χ1n) is 6.15. The Morgan fingerprint density at radius 3 is 2.06 bits per heavy atom. The number of hydrogen-bond acceptors (Lipinski definition) is 3. The molecule has 0 rings (SSSR count). The highest BCUT2D eigenvalue weighted by Gasteiger charge is 2.17. The summed E-state index contributed by atoms with van der Waals surface area (Å²) in [4.78, 5) is 2.19. The topological polar surface area (TPSA) is 35.5 Å². The molecule has 0 aliphatic heterocycles. The Morgan fingerprint density at radius 2 is 1.69 bits per heavy atom. The number of likely N-dealkylation sites (N-methyl/N-ethyl adjacent to an activating group) is 1. The van der Waals surface area contributed by atoms with E-state index in [1.54, 1.807) is 0 Å². The van der Waals surface area contributed by atoms with Crippen LogP contribution in [-0.4, -0.2) is 47.8 Å². The van der Waals surface area contributed by atoms with Gasteiger partial charge in [0.1, 0.15) is 0 Å². The van der Waals surface area contributed by atoms with E-state index in [1.807, 2.05) is 13.8 Å². The van der Waals surface area contributed by atoms with Crippen LogP contribution in [0.15, 0.2) is 0 Å². The predicted molar refractivity (Wildman–Crippen MR) is 70.7 cm³/mol. The minimum Gasteiger partial charge on any atom is -0.389 e. The summed E-state index contributed by atoms with van der Waals surface area (Å²) in [6.45, 7) is 15.2. The monoisotopic (exact) mass is 230 g/mol. The van der Waals surface area contributed by atoms with Gasteiger partial charge in [-0.2, -0.15) is 0 Å². The minimum atomic E-state index is -0.605. The van der Waals surface area contributed by atoms with Gasteiger partial charge in [-0.1, -0.05) is 6.92 Å². The lowest BCUT2D eigenvalue weighted by Gasteiger charge is -2.29. The van der Waals surface area contributed by atoms with E-state index in [9.17, 15) is 5.11 Å². The van der Waals surface area contributed by atoms with Crippen molar-refractivity contribution in [3.05, 3.63) is 0 Å². The third-order valence-electron chi connectivity index (χ3n) is 2.26. The van der Waals surface area contributed by atoms with Crippen LogP contribution in [0, 0.1) is 5.92 Å². The number of aliphatic hydroxyl groups is 1. The molecule has 1 unspecified atom stereocenters. The van der Waals surface area contributed by atoms with E-state index in [-0.39, 0.29) is 5.54 Å². The third kappa shape index (κ3) is 10.4. The van der Waals surface area contributed by atoms with Crippen molar-refractivity contribution in [1.29, 1.82) is 0 Å². The van der Waals surface area contributed by atoms with Crippen LogP contribution in [0.4, 0.5) is 0 Å². The maximum absolute atomic E-state index is 9.70. The van der Waals surface area contributed by atoms with Gasteiger partial charge >= 0.3 is 0 Å². The summed E-state index contributed by atoms with van der Waals surface area (Å²) in [5.41, 5.74) is -0.422. The molecule has 0 radical (unpaired) electrons. The van der Waals surface area contributed by atoms with Gasteiger partial charge in [-0.05, 0) is 54.1 Å². The molecule has 98 valence electrons. The maximum atomic E-state index is 9.70. The molecule has 0 aliphatic rings. The normalized spacial score (nSPS) is 15.6. The highest BCUT2D eigenvalue weighted by Crippen LogP contribution is 2.06. The molecule has 0 aromatic rings. The van der Waals surface area contributed by atoms with Crippen molar-refractivity contribution in [2.45, 2.75) is 52.7 Å². The lowest BCUT2D eigenvalue weighted by Crippen LogP contribution is -2.43. The number of rotatable bonds is 6. The summed E-state index contributed by atoms with van der Waals surface area (Å²) >= 11 is 0. The standard InChI is InChI=1S/C13H30N2O/c1-11(8-14-12(2,3)4)9-15(7)10-13(5,6)16/h11,14,16H,8-10H2,1-7H3. The second-order valence-corrected chi connectivity index (χ2v) is 6.75. The summed E-state index contributed by atoms with van der Waals surface area (Å²) in [6.07, 6.45) is 0. The Kier molecular flexibility index (Phi) is 5.94. The SMILES string of the molecule is CC(CNC(C)(C)C)CN(C)CC(C)(C)O. The molecule has 3 nitrogen and oxygen atoms in total. The van der Waals surface area contributed by atoms with Crippen LogP contribution in [0.5, 0.6) is 0 Å². The van der Waals surface area contributed by atoms with Crippen LogP contribution < -0.4 is 5.32 Å². The fourth-order valence-corrected chi connectivity index (χ4v) is 1.80. The minimum absolute atomic E-state index is 0.184. The van der Waals surface area contributed by atoms with Gasteiger partial charge in [0.2, 0.25) is 0 Å². The van der Waals surface area contributed by atoms with Crippen LogP contribution in [0.1, 0.15) is 41.5 Å². The van der Waals surface area contributed by atoms with E-state index < -0.39 is 5.60 Å². The number of hydrogen-bond donors (Lipinski definition) is 2. The molecule has 0 aromatic carbocycles. The quantitative estimate of drug-likeness (QED) is 0.729. The van der Waals surface area contributed by atoms with Crippen molar-refractivity contribution in [2.75, 3.05) is 26.7 Å². The molecular formula is C13H30N2O. The zero-order valence-electron chi connectivity index (χ0n) is 12.1. The Hall–Kier alpha value is -0.120. The van der Waals surface area contributed by atoms with Gasteiger partial charge in [0.15, 0.2) is 0 Å². The molecule has 0 aromatic heterocycles. The molecule has 0 spiro atoms. The maximum Gasteiger partial charge on any atom is 0.0718 e. The predicted octanol–water partition coefficient (Wildman–Crippen LogP) is 1.71. The Balaban J connectivity index is 3.83. The van der Waals surface area contributed by atoms with Crippen molar-refractivity contribution in [1.82, 2.24) is 10.2 Å². The first kappa shape index (κ1) is 15.9. The van der Waals surface area contributed by atoms with Crippen LogP contribution in [0.2, 0.25) is 0 Å². The second-order valence-electron chi connectivity index (χ2n) is 6.75. The van der Waals surface area contributed by atoms with E-state index in [4.69, 9.17) is 0 Å². The summed E-state index contributed by atoms with van der Waals surface area (Å²) in [7, 11) is 2.06. The summed E-state index contributed by atoms with van der Waals surface area (Å²) in [6, 6.07) is 0. The molecule has 1 atom stereocenters. The van der Waals surface area contributed by atoms with Crippen molar-refractivity contribution in [3.8, 4) is 0 Å². The summed E-state index contributed by atoms with van der Waals surface area (Å²) in [5.74, 6) is 0.589. The second kappa shape index (κ2) is 5.99. The van der Waals surface area contributed by atoms with Gasteiger partial charge in [-0.25, -0.2) is 0 Å². The fourth-order valence-electron chi connectivity index (χ4n) is 1.80. The Bertz CT molecular complexity index is 191. The number of nitrogens with zero attached hydrogens (tertiary/aromatic N) is 1. The van der Waals surface area contributed by atoms with Gasteiger partial charge in [0, 0.05) is 18.6 Å². The average molecular weight is 230 g/mol. The highest BCUT2D eigenvalue weighted by molar-refractivity contribution is 4.75. The molecule has 0 saturated heterocycles. The smallest absolute Gasteiger partial charge is 0.0718 e. The van der Waals surface area contributed by atoms with Gasteiger partial charge in [-0.3, -0.25) is 0 Å². The number of nitrogens with one attached hydrogen (secondary N) is 1. The van der Waals surface area contributed by atoms with Gasteiger partial charge < -0.3 is 15.3 Å².